The Morgan fingerprint density at radius 2 is 1.66 bits per heavy atom. The van der Waals surface area contributed by atoms with Crippen molar-refractivity contribution in [3.05, 3.63) is 107 Å². The first-order valence-electron chi connectivity index (χ1n) is 14.2. The highest BCUT2D eigenvalue weighted by Crippen LogP contribution is 2.33. The fourth-order valence-corrected chi connectivity index (χ4v) is 5.07. The molecule has 0 fully saturated rings. The molecule has 0 atom stereocenters. The summed E-state index contributed by atoms with van der Waals surface area (Å²) in [5, 5.41) is 14.8. The maximum absolute atomic E-state index is 13.9. The Kier molecular flexibility index (Phi) is 8.91. The van der Waals surface area contributed by atoms with Crippen LogP contribution in [0.1, 0.15) is 25.0 Å². The normalized spacial score (nSPS) is 14.2. The van der Waals surface area contributed by atoms with Crippen LogP contribution in [-0.4, -0.2) is 53.9 Å². The Balaban J connectivity index is 1.55. The van der Waals surface area contributed by atoms with Crippen molar-refractivity contribution in [1.29, 1.82) is 5.26 Å². The van der Waals surface area contributed by atoms with Crippen molar-refractivity contribution in [2.24, 2.45) is 0 Å². The molecular formula is C35H32N4O5. The second kappa shape index (κ2) is 13.1. The molecule has 0 bridgehead atoms. The SMILES string of the molecule is CCOc1ccc(-c2nn(-c3ccccc3)cc2C=C2C(=O)N(CCc3ccc(OC)c(OC)c3)C(=O)C(C#N)=C2C)cc1. The van der Waals surface area contributed by atoms with Crippen molar-refractivity contribution >= 4 is 17.9 Å². The van der Waals surface area contributed by atoms with Gasteiger partial charge in [-0.15, -0.1) is 0 Å². The zero-order valence-electron chi connectivity index (χ0n) is 25.0. The van der Waals surface area contributed by atoms with Gasteiger partial charge in [0.05, 0.1) is 32.2 Å². The Morgan fingerprint density at radius 3 is 2.32 bits per heavy atom. The van der Waals surface area contributed by atoms with Crippen molar-refractivity contribution in [2.75, 3.05) is 27.4 Å². The third-order valence-electron chi connectivity index (χ3n) is 7.40. The van der Waals surface area contributed by atoms with Gasteiger partial charge >= 0.3 is 0 Å². The predicted molar refractivity (Wildman–Crippen MR) is 166 cm³/mol. The Hall–Kier alpha value is -5.62. The third kappa shape index (κ3) is 5.96. The largest absolute Gasteiger partial charge is 0.494 e. The lowest BCUT2D eigenvalue weighted by Gasteiger charge is -2.27. The number of imide groups is 1. The predicted octanol–water partition coefficient (Wildman–Crippen LogP) is 5.79. The third-order valence-corrected chi connectivity index (χ3v) is 7.40. The van der Waals surface area contributed by atoms with Crippen LogP contribution in [0.15, 0.2) is 95.7 Å². The van der Waals surface area contributed by atoms with Crippen LogP contribution in [-0.2, 0) is 16.0 Å². The van der Waals surface area contributed by atoms with Gasteiger partial charge < -0.3 is 14.2 Å². The van der Waals surface area contributed by atoms with Crippen molar-refractivity contribution in [1.82, 2.24) is 14.7 Å². The van der Waals surface area contributed by atoms with Crippen LogP contribution < -0.4 is 14.2 Å². The first kappa shape index (κ1) is 29.9. The molecule has 2 heterocycles. The number of methoxy groups -OCH3 is 2. The Bertz CT molecular complexity index is 1800. The van der Waals surface area contributed by atoms with E-state index in [0.29, 0.717) is 41.4 Å². The van der Waals surface area contributed by atoms with Gasteiger partial charge in [0.1, 0.15) is 17.4 Å². The number of rotatable bonds is 10. The van der Waals surface area contributed by atoms with Gasteiger partial charge in [-0.3, -0.25) is 14.5 Å². The molecule has 0 saturated heterocycles. The standard InChI is InChI=1S/C35H32N4O5/c1-5-44-28-14-12-25(13-15-28)33-26(22-39(37-33)27-9-7-6-8-10-27)20-29-23(2)30(21-36)35(41)38(34(29)40)18-17-24-11-16-31(42-3)32(19-24)43-4/h6-16,19-20,22H,5,17-18H2,1-4H3. The minimum atomic E-state index is -0.612. The summed E-state index contributed by atoms with van der Waals surface area (Å²) in [5.41, 5.74) is 4.33. The summed E-state index contributed by atoms with van der Waals surface area (Å²) in [5.74, 6) is 0.780. The second-order valence-corrected chi connectivity index (χ2v) is 10.0. The Labute approximate surface area is 256 Å². The van der Waals surface area contributed by atoms with Crippen LogP contribution in [0.2, 0.25) is 0 Å². The van der Waals surface area contributed by atoms with E-state index in [9.17, 15) is 14.9 Å². The van der Waals surface area contributed by atoms with E-state index in [1.165, 1.54) is 0 Å². The van der Waals surface area contributed by atoms with E-state index >= 15 is 0 Å². The van der Waals surface area contributed by atoms with Crippen molar-refractivity contribution in [2.45, 2.75) is 20.3 Å². The van der Waals surface area contributed by atoms with Crippen LogP contribution in [0.3, 0.4) is 0 Å². The van der Waals surface area contributed by atoms with Crippen LogP contribution in [0.5, 0.6) is 17.2 Å². The number of aromatic nitrogens is 2. The number of para-hydroxylation sites is 1. The van der Waals surface area contributed by atoms with Crippen molar-refractivity contribution < 1.29 is 23.8 Å². The number of carbonyl (C=O) groups excluding carboxylic acids is 2. The fraction of sp³-hybridized carbons (Fsp3) is 0.200. The minimum absolute atomic E-state index is 0.0683. The quantitative estimate of drug-likeness (QED) is 0.171. The lowest BCUT2D eigenvalue weighted by molar-refractivity contribution is -0.140. The average molecular weight is 589 g/mol. The molecule has 0 saturated carbocycles. The molecule has 0 spiro atoms. The second-order valence-electron chi connectivity index (χ2n) is 10.0. The smallest absolute Gasteiger partial charge is 0.271 e. The molecule has 1 aliphatic rings. The van der Waals surface area contributed by atoms with E-state index in [-0.39, 0.29) is 17.7 Å². The van der Waals surface area contributed by atoms with E-state index in [4.69, 9.17) is 19.3 Å². The summed E-state index contributed by atoms with van der Waals surface area (Å²) in [6.45, 7) is 4.19. The van der Waals surface area contributed by atoms with Gasteiger partial charge in [0.15, 0.2) is 11.5 Å². The van der Waals surface area contributed by atoms with Gasteiger partial charge in [-0.25, -0.2) is 4.68 Å². The topological polar surface area (TPSA) is 107 Å². The summed E-state index contributed by atoms with van der Waals surface area (Å²) in [6, 6.07) is 24.7. The molecule has 0 N–H and O–H groups in total. The summed E-state index contributed by atoms with van der Waals surface area (Å²) >= 11 is 0. The molecule has 44 heavy (non-hydrogen) atoms. The Morgan fingerprint density at radius 1 is 0.932 bits per heavy atom. The van der Waals surface area contributed by atoms with Crippen molar-refractivity contribution in [3.63, 3.8) is 0 Å². The number of ether oxygens (including phenoxy) is 3. The number of nitriles is 1. The summed E-state index contributed by atoms with van der Waals surface area (Å²) in [6.07, 6.45) is 3.92. The van der Waals surface area contributed by atoms with Gasteiger partial charge in [-0.1, -0.05) is 24.3 Å². The maximum Gasteiger partial charge on any atom is 0.271 e. The number of hydrogen-bond acceptors (Lipinski definition) is 7. The molecule has 0 aliphatic carbocycles. The van der Waals surface area contributed by atoms with Crippen LogP contribution in [0, 0.1) is 11.3 Å². The highest BCUT2D eigenvalue weighted by molar-refractivity contribution is 6.19. The van der Waals surface area contributed by atoms with E-state index in [2.05, 4.69) is 0 Å². The molecular weight excluding hydrogens is 556 g/mol. The van der Waals surface area contributed by atoms with Crippen LogP contribution in [0.25, 0.3) is 23.0 Å². The number of amides is 2. The highest BCUT2D eigenvalue weighted by atomic mass is 16.5. The monoisotopic (exact) mass is 588 g/mol. The fourth-order valence-electron chi connectivity index (χ4n) is 5.07. The van der Waals surface area contributed by atoms with Gasteiger partial charge in [0.2, 0.25) is 0 Å². The van der Waals surface area contributed by atoms with E-state index in [1.54, 1.807) is 38.0 Å². The van der Waals surface area contributed by atoms with Gasteiger partial charge in [0.25, 0.3) is 11.8 Å². The molecule has 5 rings (SSSR count). The zero-order valence-corrected chi connectivity index (χ0v) is 25.0. The molecule has 0 radical (unpaired) electrons. The maximum atomic E-state index is 13.9. The average Bonchev–Trinajstić information content (AvgIpc) is 3.48. The lowest BCUT2D eigenvalue weighted by Crippen LogP contribution is -2.43. The van der Waals surface area contributed by atoms with Gasteiger partial charge in [0, 0.05) is 29.4 Å². The lowest BCUT2D eigenvalue weighted by atomic mass is 9.93. The van der Waals surface area contributed by atoms with E-state index in [0.717, 1.165) is 27.5 Å². The van der Waals surface area contributed by atoms with Crippen LogP contribution >= 0.6 is 0 Å². The molecule has 0 unspecified atom stereocenters. The molecule has 2 amide bonds. The van der Waals surface area contributed by atoms with Crippen LogP contribution in [0.4, 0.5) is 0 Å². The minimum Gasteiger partial charge on any atom is -0.494 e. The molecule has 3 aromatic carbocycles. The highest BCUT2D eigenvalue weighted by Gasteiger charge is 2.35. The van der Waals surface area contributed by atoms with Crippen molar-refractivity contribution in [3.8, 4) is 40.3 Å². The number of nitrogens with zero attached hydrogens (tertiary/aromatic N) is 4. The molecule has 9 heteroatoms. The summed E-state index contributed by atoms with van der Waals surface area (Å²) in [4.78, 5) is 28.3. The first-order valence-corrected chi connectivity index (χ1v) is 14.2. The van der Waals surface area contributed by atoms with Gasteiger partial charge in [-0.05, 0) is 86.0 Å². The van der Waals surface area contributed by atoms with E-state index < -0.39 is 11.8 Å². The first-order chi connectivity index (χ1) is 21.4. The summed E-state index contributed by atoms with van der Waals surface area (Å²) < 4.78 is 18.1. The van der Waals surface area contributed by atoms with Gasteiger partial charge in [-0.2, -0.15) is 10.4 Å². The number of carbonyl (C=O) groups is 2. The number of benzene rings is 3. The molecule has 222 valence electrons. The molecule has 9 nitrogen and oxygen atoms in total. The molecule has 1 aromatic heterocycles. The molecule has 4 aromatic rings. The number of hydrogen-bond donors (Lipinski definition) is 0. The summed E-state index contributed by atoms with van der Waals surface area (Å²) in [7, 11) is 3.10. The van der Waals surface area contributed by atoms with E-state index in [1.807, 2.05) is 85.9 Å². The molecule has 1 aliphatic heterocycles. The zero-order chi connectivity index (χ0) is 31.2.